The van der Waals surface area contributed by atoms with Gasteiger partial charge in [-0.3, -0.25) is 0 Å². The second-order valence-electron chi connectivity index (χ2n) is 14.8. The van der Waals surface area contributed by atoms with Crippen LogP contribution in [0.4, 0.5) is 34.1 Å². The fourth-order valence-corrected chi connectivity index (χ4v) is 6.99. The molecule has 0 bridgehead atoms. The smallest absolute Gasteiger partial charge is 0.0468 e. The average Bonchev–Trinajstić information content (AvgIpc) is 3.22. The van der Waals surface area contributed by atoms with Crippen LogP contribution in [-0.2, 0) is 5.41 Å². The van der Waals surface area contributed by atoms with Gasteiger partial charge in [-0.05, 0) is 117 Å². The van der Waals surface area contributed by atoms with E-state index in [1.165, 1.54) is 27.5 Å². The molecule has 0 aliphatic rings. The molecule has 8 aromatic rings. The fraction of sp³-hybridized carbons (Fsp3) is 0.0769. The number of anilines is 6. The number of hydrogen-bond acceptors (Lipinski definition) is 2. The van der Waals surface area contributed by atoms with Gasteiger partial charge in [0.2, 0.25) is 0 Å². The Kier molecular flexibility index (Phi) is 9.66. The topological polar surface area (TPSA) is 6.48 Å². The molecule has 0 unspecified atom stereocenters. The molecule has 0 aromatic heterocycles. The Hall–Kier alpha value is -6.64. The third-order valence-electron chi connectivity index (χ3n) is 10.0. The number of rotatable bonds is 9. The molecule has 0 saturated heterocycles. The van der Waals surface area contributed by atoms with Crippen LogP contribution in [0.25, 0.3) is 34.1 Å². The molecule has 0 amide bonds. The van der Waals surface area contributed by atoms with Gasteiger partial charge < -0.3 is 9.80 Å². The van der Waals surface area contributed by atoms with E-state index in [1.807, 2.05) is 0 Å². The van der Waals surface area contributed by atoms with Crippen LogP contribution < -0.4 is 9.80 Å². The maximum Gasteiger partial charge on any atom is 0.0468 e. The summed E-state index contributed by atoms with van der Waals surface area (Å²) in [5.41, 5.74) is 12.9. The van der Waals surface area contributed by atoms with Gasteiger partial charge in [-0.2, -0.15) is 0 Å². The summed E-state index contributed by atoms with van der Waals surface area (Å²) in [6.45, 7) is 6.78. The molecule has 8 rings (SSSR count). The molecule has 2 nitrogen and oxygen atoms in total. The van der Waals surface area contributed by atoms with Crippen LogP contribution in [0.3, 0.4) is 0 Å². The van der Waals surface area contributed by atoms with E-state index in [0.29, 0.717) is 0 Å². The molecule has 54 heavy (non-hydrogen) atoms. The molecular formula is C52H44N2. The molecule has 0 saturated carbocycles. The first kappa shape index (κ1) is 34.4. The number of para-hydroxylation sites is 2. The first-order valence-corrected chi connectivity index (χ1v) is 18.7. The fourth-order valence-electron chi connectivity index (χ4n) is 6.99. The van der Waals surface area contributed by atoms with Gasteiger partial charge in [0.15, 0.2) is 0 Å². The summed E-state index contributed by atoms with van der Waals surface area (Å²) < 4.78 is 0. The molecule has 0 N–H and O–H groups in total. The largest absolute Gasteiger partial charge is 0.311 e. The van der Waals surface area contributed by atoms with E-state index in [9.17, 15) is 0 Å². The second-order valence-corrected chi connectivity index (χ2v) is 14.8. The lowest BCUT2D eigenvalue weighted by Gasteiger charge is -2.27. The van der Waals surface area contributed by atoms with Crippen LogP contribution in [-0.4, -0.2) is 0 Å². The number of nitrogens with zero attached hydrogens (tertiary/aromatic N) is 2. The van der Waals surface area contributed by atoms with Gasteiger partial charge in [-0.1, -0.05) is 160 Å². The zero-order chi connectivity index (χ0) is 36.9. The van der Waals surface area contributed by atoms with Crippen molar-refractivity contribution in [1.82, 2.24) is 0 Å². The third-order valence-corrected chi connectivity index (χ3v) is 10.0. The van der Waals surface area contributed by atoms with E-state index in [1.54, 1.807) is 0 Å². The van der Waals surface area contributed by atoms with Crippen molar-refractivity contribution in [2.75, 3.05) is 9.80 Å². The molecule has 0 spiro atoms. The van der Waals surface area contributed by atoms with Gasteiger partial charge >= 0.3 is 0 Å². The van der Waals surface area contributed by atoms with E-state index < -0.39 is 0 Å². The van der Waals surface area contributed by atoms with Gasteiger partial charge in [0.1, 0.15) is 0 Å². The molecule has 0 atom stereocenters. The van der Waals surface area contributed by atoms with Crippen molar-refractivity contribution < 1.29 is 0 Å². The van der Waals surface area contributed by atoms with E-state index in [2.05, 4.69) is 243 Å². The van der Waals surface area contributed by atoms with E-state index in [0.717, 1.165) is 45.3 Å². The SMILES string of the molecule is CC(C)(C)c1ccc(N(c2ccc(/C=C/c3ccc(-c4ccc(N(c5ccccc5)c5ccccc5)cc4)cc3)cc2)c2ccc3ccccc3c2)cc1. The van der Waals surface area contributed by atoms with Gasteiger partial charge in [-0.15, -0.1) is 0 Å². The predicted octanol–water partition coefficient (Wildman–Crippen LogP) is 14.9. The van der Waals surface area contributed by atoms with Crippen LogP contribution in [0, 0.1) is 0 Å². The minimum atomic E-state index is 0.0974. The highest BCUT2D eigenvalue weighted by molar-refractivity contribution is 5.89. The van der Waals surface area contributed by atoms with Gasteiger partial charge in [0, 0.05) is 34.1 Å². The van der Waals surface area contributed by atoms with Crippen molar-refractivity contribution in [2.45, 2.75) is 26.2 Å². The Morgan fingerprint density at radius 3 is 1.22 bits per heavy atom. The zero-order valence-electron chi connectivity index (χ0n) is 31.1. The Balaban J connectivity index is 1.00. The van der Waals surface area contributed by atoms with Crippen molar-refractivity contribution in [3.8, 4) is 11.1 Å². The lowest BCUT2D eigenvalue weighted by molar-refractivity contribution is 0.590. The van der Waals surface area contributed by atoms with Crippen LogP contribution in [0.5, 0.6) is 0 Å². The molecule has 0 heterocycles. The van der Waals surface area contributed by atoms with Crippen LogP contribution >= 0.6 is 0 Å². The van der Waals surface area contributed by atoms with Crippen LogP contribution in [0.1, 0.15) is 37.5 Å². The standard InChI is InChI=1S/C52H44N2/c1-52(2,3)45-29-36-50(37-30-45)54(51-35-28-41-12-10-11-13-44(41)38-51)48-31-22-40(23-32-48)19-18-39-20-24-42(25-21-39)43-26-33-49(34-27-43)53(46-14-6-4-7-15-46)47-16-8-5-9-17-47/h4-38H,1-3H3/b19-18+. The Bertz CT molecular complexity index is 2440. The molecule has 0 radical (unpaired) electrons. The molecule has 0 aliphatic carbocycles. The Morgan fingerprint density at radius 1 is 0.333 bits per heavy atom. The second kappa shape index (κ2) is 15.1. The summed E-state index contributed by atoms with van der Waals surface area (Å²) in [7, 11) is 0. The van der Waals surface area contributed by atoms with Crippen molar-refractivity contribution in [3.05, 3.63) is 217 Å². The normalized spacial score (nSPS) is 11.5. The Morgan fingerprint density at radius 2 is 0.704 bits per heavy atom. The minimum absolute atomic E-state index is 0.0974. The highest BCUT2D eigenvalue weighted by Gasteiger charge is 2.17. The average molecular weight is 697 g/mol. The molecule has 0 fully saturated rings. The molecule has 2 heteroatoms. The lowest BCUT2D eigenvalue weighted by atomic mass is 9.87. The summed E-state index contributed by atoms with van der Waals surface area (Å²) in [6, 6.07) is 71.7. The number of hydrogen-bond donors (Lipinski definition) is 0. The summed E-state index contributed by atoms with van der Waals surface area (Å²) in [5, 5.41) is 2.47. The van der Waals surface area contributed by atoms with E-state index in [-0.39, 0.29) is 5.41 Å². The highest BCUT2D eigenvalue weighted by Crippen LogP contribution is 2.38. The maximum absolute atomic E-state index is 2.35. The summed E-state index contributed by atoms with van der Waals surface area (Å²) >= 11 is 0. The minimum Gasteiger partial charge on any atom is -0.311 e. The van der Waals surface area contributed by atoms with Gasteiger partial charge in [0.25, 0.3) is 0 Å². The summed E-state index contributed by atoms with van der Waals surface area (Å²) in [6.07, 6.45) is 4.37. The van der Waals surface area contributed by atoms with E-state index >= 15 is 0 Å². The van der Waals surface area contributed by atoms with Crippen molar-refractivity contribution in [3.63, 3.8) is 0 Å². The number of benzene rings is 8. The zero-order valence-corrected chi connectivity index (χ0v) is 31.1. The van der Waals surface area contributed by atoms with Crippen molar-refractivity contribution in [2.24, 2.45) is 0 Å². The molecular weight excluding hydrogens is 653 g/mol. The molecule has 262 valence electrons. The first-order chi connectivity index (χ1) is 26.4. The van der Waals surface area contributed by atoms with Crippen LogP contribution in [0.15, 0.2) is 200 Å². The van der Waals surface area contributed by atoms with Crippen molar-refractivity contribution in [1.29, 1.82) is 0 Å². The monoisotopic (exact) mass is 696 g/mol. The van der Waals surface area contributed by atoms with E-state index in [4.69, 9.17) is 0 Å². The predicted molar refractivity (Wildman–Crippen MR) is 233 cm³/mol. The van der Waals surface area contributed by atoms with Crippen molar-refractivity contribution >= 4 is 57.0 Å². The van der Waals surface area contributed by atoms with Gasteiger partial charge in [0.05, 0.1) is 0 Å². The quantitative estimate of drug-likeness (QED) is 0.139. The Labute approximate surface area is 319 Å². The van der Waals surface area contributed by atoms with Gasteiger partial charge in [-0.25, -0.2) is 0 Å². The van der Waals surface area contributed by atoms with Crippen LogP contribution in [0.2, 0.25) is 0 Å². The maximum atomic E-state index is 2.35. The highest BCUT2D eigenvalue weighted by atomic mass is 15.1. The molecule has 0 aliphatic heterocycles. The lowest BCUT2D eigenvalue weighted by Crippen LogP contribution is -2.13. The summed E-state index contributed by atoms with van der Waals surface area (Å²) in [5.74, 6) is 0. The summed E-state index contributed by atoms with van der Waals surface area (Å²) in [4.78, 5) is 4.63. The number of fused-ring (bicyclic) bond motifs is 1. The first-order valence-electron chi connectivity index (χ1n) is 18.7. The molecule has 8 aromatic carbocycles. The third kappa shape index (κ3) is 7.60.